The number of ether oxygens (including phenoxy) is 3. The van der Waals surface area contributed by atoms with Crippen LogP contribution in [0.1, 0.15) is 37.8 Å². The van der Waals surface area contributed by atoms with Crippen LogP contribution in [0.25, 0.3) is 10.8 Å². The topological polar surface area (TPSA) is 68.3 Å². The first kappa shape index (κ1) is 30.5. The molecule has 0 N–H and O–H groups in total. The maximum absolute atomic E-state index is 13.2. The molecule has 0 bridgehead atoms. The van der Waals surface area contributed by atoms with Crippen LogP contribution in [0.2, 0.25) is 0 Å². The number of hydrogen-bond acceptors (Lipinski definition) is 6. The standard InChI is InChI=1S/C33H40N2O5S/c1-5-17-39-31(36)35-21-25(19-33(2,3)40-32(37)41)18-28(35)23-34(20-24-13-15-29(38-4)16-14-24)22-27-11-8-10-26-9-6-7-12-30(26)27/h5-16,25,28H,1,17-23H2,2-4H3,(H,37,41)/t25-,28-/m0/s1. The number of likely N-dealkylation sites (tertiary alicyclic amines) is 1. The van der Waals surface area contributed by atoms with E-state index in [1.807, 2.05) is 30.9 Å². The highest BCUT2D eigenvalue weighted by Gasteiger charge is 2.40. The fourth-order valence-electron chi connectivity index (χ4n) is 5.89. The molecule has 0 aromatic heterocycles. The number of methoxy groups -OCH3 is 1. The molecular weight excluding hydrogens is 536 g/mol. The molecule has 0 aliphatic carbocycles. The lowest BCUT2D eigenvalue weighted by Crippen LogP contribution is -2.43. The lowest BCUT2D eigenvalue weighted by Gasteiger charge is -2.31. The minimum atomic E-state index is -0.694. The number of rotatable bonds is 12. The molecule has 3 aromatic rings. The first-order chi connectivity index (χ1) is 19.7. The van der Waals surface area contributed by atoms with Crippen molar-refractivity contribution in [1.82, 2.24) is 9.80 Å². The Bertz CT molecular complexity index is 1340. The maximum atomic E-state index is 13.2. The smallest absolute Gasteiger partial charge is 0.410 e. The number of nitrogens with zero attached hydrogens (tertiary/aromatic N) is 2. The molecule has 2 atom stereocenters. The zero-order chi connectivity index (χ0) is 29.4. The van der Waals surface area contributed by atoms with Gasteiger partial charge in [0.15, 0.2) is 0 Å². The van der Waals surface area contributed by atoms with Gasteiger partial charge in [0.05, 0.1) is 7.11 Å². The first-order valence-electron chi connectivity index (χ1n) is 14.0. The molecule has 8 heteroatoms. The predicted octanol–water partition coefficient (Wildman–Crippen LogP) is 7.10. The number of hydrogen-bond donors (Lipinski definition) is 1. The summed E-state index contributed by atoms with van der Waals surface area (Å²) in [6.07, 6.45) is 2.61. The Morgan fingerprint density at radius 1 is 1.07 bits per heavy atom. The Hall–Kier alpha value is -3.49. The van der Waals surface area contributed by atoms with Gasteiger partial charge >= 0.3 is 11.4 Å². The van der Waals surface area contributed by atoms with Crippen molar-refractivity contribution in [2.45, 2.75) is 51.4 Å². The van der Waals surface area contributed by atoms with Gasteiger partial charge in [-0.15, -0.1) is 0 Å². The summed E-state index contributed by atoms with van der Waals surface area (Å²) >= 11 is 3.80. The second kappa shape index (κ2) is 13.9. The minimum absolute atomic E-state index is 0.0759. The van der Waals surface area contributed by atoms with Crippen LogP contribution in [0.5, 0.6) is 5.75 Å². The van der Waals surface area contributed by atoms with Gasteiger partial charge in [-0.3, -0.25) is 4.90 Å². The maximum Gasteiger partial charge on any atom is 0.410 e. The molecule has 0 saturated carbocycles. The van der Waals surface area contributed by atoms with Crippen molar-refractivity contribution in [2.75, 3.05) is 26.8 Å². The Labute approximate surface area is 248 Å². The van der Waals surface area contributed by atoms with Gasteiger partial charge in [-0.05, 0) is 66.6 Å². The van der Waals surface area contributed by atoms with Crippen LogP contribution >= 0.6 is 12.6 Å². The van der Waals surface area contributed by atoms with Crippen LogP contribution in [-0.4, -0.2) is 59.6 Å². The summed E-state index contributed by atoms with van der Waals surface area (Å²) in [4.78, 5) is 28.9. The van der Waals surface area contributed by atoms with E-state index in [0.717, 1.165) is 17.7 Å². The van der Waals surface area contributed by atoms with Crippen LogP contribution in [0.3, 0.4) is 0 Å². The van der Waals surface area contributed by atoms with E-state index >= 15 is 0 Å². The molecule has 4 rings (SSSR count). The number of thiol groups is 1. The molecule has 1 aliphatic rings. The lowest BCUT2D eigenvalue weighted by atomic mass is 9.91. The van der Waals surface area contributed by atoms with E-state index < -0.39 is 10.9 Å². The Morgan fingerprint density at radius 2 is 1.80 bits per heavy atom. The fraction of sp³-hybridized carbons (Fsp3) is 0.394. The summed E-state index contributed by atoms with van der Waals surface area (Å²) in [6.45, 7) is 10.2. The monoisotopic (exact) mass is 576 g/mol. The lowest BCUT2D eigenvalue weighted by molar-refractivity contribution is 0.0385. The van der Waals surface area contributed by atoms with Gasteiger partial charge in [0.2, 0.25) is 0 Å². The Kier molecular flexibility index (Phi) is 10.3. The molecule has 1 amide bonds. The molecule has 7 nitrogen and oxygen atoms in total. The van der Waals surface area contributed by atoms with Gasteiger partial charge < -0.3 is 19.1 Å². The van der Waals surface area contributed by atoms with Crippen LogP contribution in [-0.2, 0) is 22.6 Å². The average molecular weight is 577 g/mol. The van der Waals surface area contributed by atoms with Crippen molar-refractivity contribution < 1.29 is 23.8 Å². The molecule has 41 heavy (non-hydrogen) atoms. The summed E-state index contributed by atoms with van der Waals surface area (Å²) < 4.78 is 16.3. The predicted molar refractivity (Wildman–Crippen MR) is 165 cm³/mol. The molecule has 1 saturated heterocycles. The van der Waals surface area contributed by atoms with E-state index in [0.29, 0.717) is 32.6 Å². The molecule has 1 heterocycles. The van der Waals surface area contributed by atoms with Crippen molar-refractivity contribution in [3.8, 4) is 5.75 Å². The third-order valence-corrected chi connectivity index (χ3v) is 7.60. The van der Waals surface area contributed by atoms with Gasteiger partial charge in [-0.2, -0.15) is 0 Å². The Balaban J connectivity index is 1.60. The van der Waals surface area contributed by atoms with Gasteiger partial charge in [0.25, 0.3) is 0 Å². The molecular formula is C33H40N2O5S. The van der Waals surface area contributed by atoms with Crippen molar-refractivity contribution in [3.05, 3.63) is 90.5 Å². The molecule has 1 aliphatic heterocycles. The van der Waals surface area contributed by atoms with Gasteiger partial charge in [0, 0.05) is 32.2 Å². The largest absolute Gasteiger partial charge is 0.497 e. The van der Waals surface area contributed by atoms with Crippen molar-refractivity contribution in [2.24, 2.45) is 5.92 Å². The molecule has 0 unspecified atom stereocenters. The summed E-state index contributed by atoms with van der Waals surface area (Å²) in [6, 6.07) is 22.8. The second-order valence-corrected chi connectivity index (χ2v) is 11.6. The highest BCUT2D eigenvalue weighted by Crippen LogP contribution is 2.33. The van der Waals surface area contributed by atoms with E-state index in [1.165, 1.54) is 16.3 Å². The van der Waals surface area contributed by atoms with E-state index in [-0.39, 0.29) is 24.7 Å². The van der Waals surface area contributed by atoms with Crippen molar-refractivity contribution in [3.63, 3.8) is 0 Å². The normalized spacial score (nSPS) is 17.0. The summed E-state index contributed by atoms with van der Waals surface area (Å²) in [5.41, 5.74) is 1.69. The van der Waals surface area contributed by atoms with Crippen molar-refractivity contribution in [1.29, 1.82) is 0 Å². The Morgan fingerprint density at radius 3 is 2.51 bits per heavy atom. The van der Waals surface area contributed by atoms with E-state index in [4.69, 9.17) is 14.2 Å². The van der Waals surface area contributed by atoms with Crippen LogP contribution in [0.4, 0.5) is 9.59 Å². The molecule has 1 fully saturated rings. The minimum Gasteiger partial charge on any atom is -0.497 e. The van der Waals surface area contributed by atoms with Crippen LogP contribution < -0.4 is 4.74 Å². The summed E-state index contributed by atoms with van der Waals surface area (Å²) in [7, 11) is 1.66. The van der Waals surface area contributed by atoms with E-state index in [1.54, 1.807) is 13.2 Å². The average Bonchev–Trinajstić information content (AvgIpc) is 3.32. The number of benzene rings is 3. The van der Waals surface area contributed by atoms with Crippen LogP contribution in [0, 0.1) is 5.92 Å². The third kappa shape index (κ3) is 8.50. The highest BCUT2D eigenvalue weighted by molar-refractivity contribution is 7.96. The molecule has 218 valence electrons. The van der Waals surface area contributed by atoms with Gasteiger partial charge in [0.1, 0.15) is 18.0 Å². The molecule has 0 radical (unpaired) electrons. The quantitative estimate of drug-likeness (QED) is 0.141. The SMILES string of the molecule is C=CCOC(=O)N1C[C@H](CC(C)(C)OC(=O)S)C[C@H]1CN(Cc1ccc(OC)cc1)Cc1cccc2ccccc12. The van der Waals surface area contributed by atoms with Gasteiger partial charge in [-0.25, -0.2) is 9.59 Å². The zero-order valence-corrected chi connectivity index (χ0v) is 25.0. The number of carbonyl (C=O) groups is 2. The molecule has 0 spiro atoms. The van der Waals surface area contributed by atoms with Crippen LogP contribution in [0.15, 0.2) is 79.4 Å². The summed E-state index contributed by atoms with van der Waals surface area (Å²) in [5, 5.41) is 1.81. The number of amides is 1. The molecule has 3 aromatic carbocycles. The first-order valence-corrected chi connectivity index (χ1v) is 14.4. The fourth-order valence-corrected chi connectivity index (χ4v) is 6.14. The number of carbonyl (C=O) groups excluding carboxylic acids is 2. The zero-order valence-electron chi connectivity index (χ0n) is 24.1. The highest BCUT2D eigenvalue weighted by atomic mass is 32.1. The second-order valence-electron chi connectivity index (χ2n) is 11.3. The van der Waals surface area contributed by atoms with Gasteiger partial charge in [-0.1, -0.05) is 79.9 Å². The number of fused-ring (bicyclic) bond motifs is 1. The van der Waals surface area contributed by atoms with E-state index in [9.17, 15) is 9.59 Å². The van der Waals surface area contributed by atoms with Crippen molar-refractivity contribution >= 4 is 34.8 Å². The van der Waals surface area contributed by atoms with E-state index in [2.05, 4.69) is 78.7 Å². The summed E-state index contributed by atoms with van der Waals surface area (Å²) in [5.74, 6) is 0.952. The third-order valence-electron chi connectivity index (χ3n) is 7.51.